The van der Waals surface area contributed by atoms with E-state index in [1.165, 1.54) is 22.5 Å². The van der Waals surface area contributed by atoms with Crippen molar-refractivity contribution in [2.45, 2.75) is 24.3 Å². The van der Waals surface area contributed by atoms with Crippen molar-refractivity contribution in [3.63, 3.8) is 0 Å². The number of anilines is 1. The van der Waals surface area contributed by atoms with Gasteiger partial charge in [0.1, 0.15) is 0 Å². The number of hydrogen-bond acceptors (Lipinski definition) is 4. The van der Waals surface area contributed by atoms with Gasteiger partial charge in [-0.3, -0.25) is 4.79 Å². The molecule has 0 spiro atoms. The number of hydrogen-bond donors (Lipinski definition) is 0. The van der Waals surface area contributed by atoms with Crippen molar-refractivity contribution in [3.8, 4) is 0 Å². The molecular formula is C20H21ClN2O4S. The maximum atomic E-state index is 13.3. The zero-order chi connectivity index (χ0) is 19.9. The van der Waals surface area contributed by atoms with Gasteiger partial charge in [0.2, 0.25) is 10.0 Å². The van der Waals surface area contributed by atoms with Gasteiger partial charge in [0.25, 0.3) is 5.91 Å². The quantitative estimate of drug-likeness (QED) is 0.765. The highest BCUT2D eigenvalue weighted by molar-refractivity contribution is 7.89. The fraction of sp³-hybridized carbons (Fsp3) is 0.350. The van der Waals surface area contributed by atoms with Gasteiger partial charge in [0, 0.05) is 24.8 Å². The number of halogens is 1. The van der Waals surface area contributed by atoms with Crippen molar-refractivity contribution in [1.82, 2.24) is 4.31 Å². The summed E-state index contributed by atoms with van der Waals surface area (Å²) in [6.07, 6.45) is 0.755. The van der Waals surface area contributed by atoms with E-state index in [4.69, 9.17) is 16.3 Å². The molecule has 8 heteroatoms. The first kappa shape index (κ1) is 19.4. The molecule has 2 aromatic carbocycles. The van der Waals surface area contributed by atoms with Crippen LogP contribution < -0.4 is 4.90 Å². The van der Waals surface area contributed by atoms with E-state index in [9.17, 15) is 13.2 Å². The number of nitrogens with zero attached hydrogens (tertiary/aromatic N) is 2. The minimum atomic E-state index is -3.71. The Kier molecular flexibility index (Phi) is 5.18. The summed E-state index contributed by atoms with van der Waals surface area (Å²) in [4.78, 5) is 15.1. The van der Waals surface area contributed by atoms with Gasteiger partial charge in [-0.25, -0.2) is 8.42 Å². The van der Waals surface area contributed by atoms with E-state index < -0.39 is 10.0 Å². The highest BCUT2D eigenvalue weighted by Gasteiger charge is 2.33. The topological polar surface area (TPSA) is 66.9 Å². The molecule has 28 heavy (non-hydrogen) atoms. The van der Waals surface area contributed by atoms with E-state index in [2.05, 4.69) is 0 Å². The Morgan fingerprint density at radius 3 is 2.61 bits per heavy atom. The summed E-state index contributed by atoms with van der Waals surface area (Å²) in [5, 5.41) is 0.238. The summed E-state index contributed by atoms with van der Waals surface area (Å²) in [6, 6.07) is 12.0. The van der Waals surface area contributed by atoms with Crippen molar-refractivity contribution >= 4 is 33.2 Å². The van der Waals surface area contributed by atoms with Gasteiger partial charge >= 0.3 is 0 Å². The Hall–Kier alpha value is -1.93. The van der Waals surface area contributed by atoms with Gasteiger partial charge in [-0.05, 0) is 43.2 Å². The molecule has 2 heterocycles. The lowest BCUT2D eigenvalue weighted by Gasteiger charge is -2.27. The molecule has 0 aliphatic carbocycles. The lowest BCUT2D eigenvalue weighted by atomic mass is 10.1. The molecule has 2 aliphatic heterocycles. The van der Waals surface area contributed by atoms with E-state index in [-0.39, 0.29) is 27.4 Å². The van der Waals surface area contributed by atoms with Crippen LogP contribution in [0.25, 0.3) is 0 Å². The Balaban J connectivity index is 1.71. The van der Waals surface area contributed by atoms with E-state index >= 15 is 0 Å². The van der Waals surface area contributed by atoms with Crippen LogP contribution in [0.1, 0.15) is 22.8 Å². The second kappa shape index (κ2) is 7.48. The Morgan fingerprint density at radius 2 is 1.86 bits per heavy atom. The first-order chi connectivity index (χ1) is 13.4. The standard InChI is InChI=1S/C20H21ClN2O4S/c1-14-12-15-4-2-3-5-19(15)23(14)20(24)17-13-16(6-7-18(17)21)28(25,26)22-8-10-27-11-9-22/h2-7,13-14H,8-12H2,1H3/t14-/m1/s1. The van der Waals surface area contributed by atoms with Crippen LogP contribution in [0, 0.1) is 0 Å². The minimum Gasteiger partial charge on any atom is -0.379 e. The van der Waals surface area contributed by atoms with Crippen LogP contribution in [0.2, 0.25) is 5.02 Å². The number of carbonyl (C=O) groups is 1. The van der Waals surface area contributed by atoms with Gasteiger partial charge in [0.15, 0.2) is 0 Å². The average Bonchev–Trinajstić information content (AvgIpc) is 3.04. The van der Waals surface area contributed by atoms with Gasteiger partial charge < -0.3 is 9.64 Å². The number of morpholine rings is 1. The van der Waals surface area contributed by atoms with Crippen molar-refractivity contribution in [2.24, 2.45) is 0 Å². The van der Waals surface area contributed by atoms with E-state index in [0.29, 0.717) is 26.3 Å². The molecule has 4 rings (SSSR count). The van der Waals surface area contributed by atoms with Crippen LogP contribution in [0.4, 0.5) is 5.69 Å². The molecule has 1 saturated heterocycles. The highest BCUT2D eigenvalue weighted by Crippen LogP contribution is 2.34. The first-order valence-electron chi connectivity index (χ1n) is 9.18. The second-order valence-corrected chi connectivity index (χ2v) is 9.36. The van der Waals surface area contributed by atoms with Crippen LogP contribution in [0.3, 0.4) is 0 Å². The van der Waals surface area contributed by atoms with E-state index in [1.807, 2.05) is 31.2 Å². The van der Waals surface area contributed by atoms with Gasteiger partial charge in [-0.15, -0.1) is 0 Å². The van der Waals surface area contributed by atoms with Gasteiger partial charge in [-0.1, -0.05) is 29.8 Å². The number of benzene rings is 2. The van der Waals surface area contributed by atoms with E-state index in [0.717, 1.165) is 17.7 Å². The molecule has 0 aromatic heterocycles. The van der Waals surface area contributed by atoms with Crippen molar-refractivity contribution in [2.75, 3.05) is 31.2 Å². The molecule has 0 saturated carbocycles. The van der Waals surface area contributed by atoms with Crippen LogP contribution in [0.5, 0.6) is 0 Å². The Bertz CT molecular complexity index is 1020. The second-order valence-electron chi connectivity index (χ2n) is 7.02. The normalized spacial score (nSPS) is 20.2. The summed E-state index contributed by atoms with van der Waals surface area (Å²) < 4.78 is 32.5. The molecule has 2 aliphatic rings. The number of carbonyl (C=O) groups excluding carboxylic acids is 1. The highest BCUT2D eigenvalue weighted by atomic mass is 35.5. The molecule has 148 valence electrons. The number of rotatable bonds is 3. The third-order valence-corrected chi connectivity index (χ3v) is 7.43. The van der Waals surface area contributed by atoms with Crippen molar-refractivity contribution in [3.05, 3.63) is 58.6 Å². The molecule has 0 unspecified atom stereocenters. The van der Waals surface area contributed by atoms with E-state index in [1.54, 1.807) is 4.90 Å². The maximum absolute atomic E-state index is 13.3. The predicted molar refractivity (Wildman–Crippen MR) is 107 cm³/mol. The van der Waals surface area contributed by atoms with Crippen molar-refractivity contribution in [1.29, 1.82) is 0 Å². The fourth-order valence-electron chi connectivity index (χ4n) is 3.77. The predicted octanol–water partition coefficient (Wildman–Crippen LogP) is 2.95. The lowest BCUT2D eigenvalue weighted by Crippen LogP contribution is -2.40. The summed E-state index contributed by atoms with van der Waals surface area (Å²) in [6.45, 7) is 3.29. The number of sulfonamides is 1. The summed E-state index contributed by atoms with van der Waals surface area (Å²) in [5.74, 6) is -0.290. The smallest absolute Gasteiger partial charge is 0.260 e. The number of ether oxygens (including phenoxy) is 1. The Labute approximate surface area is 169 Å². The fourth-order valence-corrected chi connectivity index (χ4v) is 5.40. The largest absolute Gasteiger partial charge is 0.379 e. The third-order valence-electron chi connectivity index (χ3n) is 5.20. The molecule has 0 N–H and O–H groups in total. The van der Waals surface area contributed by atoms with Crippen LogP contribution in [-0.4, -0.2) is 51.0 Å². The molecular weight excluding hydrogens is 400 g/mol. The van der Waals surface area contributed by atoms with Gasteiger partial charge in [0.05, 0.1) is 28.7 Å². The number of para-hydroxylation sites is 1. The van der Waals surface area contributed by atoms with Crippen LogP contribution in [0.15, 0.2) is 47.4 Å². The lowest BCUT2D eigenvalue weighted by molar-refractivity contribution is 0.0730. The zero-order valence-corrected chi connectivity index (χ0v) is 17.0. The number of fused-ring (bicyclic) bond motifs is 1. The first-order valence-corrected chi connectivity index (χ1v) is 11.0. The minimum absolute atomic E-state index is 0.0273. The molecule has 1 fully saturated rings. The molecule has 6 nitrogen and oxygen atoms in total. The van der Waals surface area contributed by atoms with Crippen molar-refractivity contribution < 1.29 is 17.9 Å². The summed E-state index contributed by atoms with van der Waals surface area (Å²) in [5.41, 5.74) is 2.13. The number of amides is 1. The maximum Gasteiger partial charge on any atom is 0.260 e. The Morgan fingerprint density at radius 1 is 1.14 bits per heavy atom. The summed E-state index contributed by atoms with van der Waals surface area (Å²) in [7, 11) is -3.71. The molecule has 0 bridgehead atoms. The van der Waals surface area contributed by atoms with Crippen LogP contribution >= 0.6 is 11.6 Å². The molecule has 2 aromatic rings. The third kappa shape index (κ3) is 3.33. The van der Waals surface area contributed by atoms with Crippen LogP contribution in [-0.2, 0) is 21.2 Å². The average molecular weight is 421 g/mol. The SMILES string of the molecule is C[C@@H]1Cc2ccccc2N1C(=O)c1cc(S(=O)(=O)N2CCOCC2)ccc1Cl. The zero-order valence-electron chi connectivity index (χ0n) is 15.5. The molecule has 1 atom stereocenters. The monoisotopic (exact) mass is 420 g/mol. The summed E-state index contributed by atoms with van der Waals surface area (Å²) >= 11 is 6.30. The molecule has 1 amide bonds. The molecule has 0 radical (unpaired) electrons. The van der Waals surface area contributed by atoms with Gasteiger partial charge in [-0.2, -0.15) is 4.31 Å².